The SMILES string of the molecule is CC1=C2C(=O)C34C2C1CCC3C12COC4(O)C(O)C1C(C)(C)CC(n1cc(-c3ccc(C(C)(C)C)cc3)nn1)C2O. The normalized spacial score (nSPS) is 45.4. The number of hydrogen-bond acceptors (Lipinski definition) is 7. The minimum atomic E-state index is -1.93. The van der Waals surface area contributed by atoms with E-state index in [0.717, 1.165) is 35.2 Å². The molecule has 7 aliphatic rings. The number of nitrogens with zero attached hydrogens (tertiary/aromatic N) is 3. The largest absolute Gasteiger partial charge is 0.390 e. The Balaban J connectivity index is 1.21. The minimum Gasteiger partial charge on any atom is -0.390 e. The van der Waals surface area contributed by atoms with Crippen LogP contribution < -0.4 is 0 Å². The van der Waals surface area contributed by atoms with E-state index in [-0.39, 0.29) is 35.6 Å². The van der Waals surface area contributed by atoms with Gasteiger partial charge < -0.3 is 20.1 Å². The van der Waals surface area contributed by atoms with Gasteiger partial charge in [-0.1, -0.05) is 69.7 Å². The third-order valence-electron chi connectivity index (χ3n) is 12.6. The molecular weight excluding hydrogens is 518 g/mol. The second-order valence-electron chi connectivity index (χ2n) is 15.6. The van der Waals surface area contributed by atoms with Crippen LogP contribution in [-0.2, 0) is 14.9 Å². The summed E-state index contributed by atoms with van der Waals surface area (Å²) in [5, 5.41) is 45.6. The Kier molecular flexibility index (Phi) is 4.85. The first-order valence-corrected chi connectivity index (χ1v) is 15.2. The van der Waals surface area contributed by atoms with Crippen molar-refractivity contribution >= 4 is 5.78 Å². The molecule has 2 aliphatic heterocycles. The Hall–Kier alpha value is -2.39. The van der Waals surface area contributed by atoms with Crippen LogP contribution in [0.25, 0.3) is 11.3 Å². The molecule has 10 unspecified atom stereocenters. The van der Waals surface area contributed by atoms with Crippen molar-refractivity contribution in [3.63, 3.8) is 0 Å². The number of allylic oxidation sites excluding steroid dienone is 2. The van der Waals surface area contributed by atoms with E-state index in [1.54, 1.807) is 4.68 Å². The van der Waals surface area contributed by atoms with E-state index in [1.165, 1.54) is 5.56 Å². The molecule has 10 atom stereocenters. The summed E-state index contributed by atoms with van der Waals surface area (Å²) in [6, 6.07) is 7.95. The van der Waals surface area contributed by atoms with E-state index in [2.05, 4.69) is 69.2 Å². The number of ketones is 1. The molecule has 2 spiro atoms. The van der Waals surface area contributed by atoms with Gasteiger partial charge in [0, 0.05) is 28.4 Å². The zero-order valence-corrected chi connectivity index (χ0v) is 24.8. The number of aromatic nitrogens is 3. The third-order valence-corrected chi connectivity index (χ3v) is 12.6. The summed E-state index contributed by atoms with van der Waals surface area (Å²) in [5.41, 5.74) is 2.38. The van der Waals surface area contributed by atoms with Crippen LogP contribution >= 0.6 is 0 Å². The Morgan fingerprint density at radius 2 is 1.78 bits per heavy atom. The van der Waals surface area contributed by atoms with Crippen molar-refractivity contribution in [3.8, 4) is 11.3 Å². The molecule has 9 rings (SSSR count). The van der Waals surface area contributed by atoms with Crippen molar-refractivity contribution in [1.29, 1.82) is 0 Å². The number of ether oxygens (including phenoxy) is 1. The maximum absolute atomic E-state index is 14.0. The molecule has 6 fully saturated rings. The summed E-state index contributed by atoms with van der Waals surface area (Å²) in [7, 11) is 0. The van der Waals surface area contributed by atoms with E-state index < -0.39 is 46.2 Å². The second kappa shape index (κ2) is 7.57. The molecular formula is C33H41N3O5. The molecule has 3 heterocycles. The van der Waals surface area contributed by atoms with Gasteiger partial charge in [0.05, 0.1) is 24.9 Å². The lowest BCUT2D eigenvalue weighted by Gasteiger charge is -2.81. The number of carbonyl (C=O) groups excluding carboxylic acids is 1. The molecule has 5 aliphatic carbocycles. The van der Waals surface area contributed by atoms with Crippen LogP contribution in [0, 0.1) is 39.9 Å². The highest BCUT2D eigenvalue weighted by Gasteiger charge is 2.90. The average molecular weight is 560 g/mol. The summed E-state index contributed by atoms with van der Waals surface area (Å²) in [6.45, 7) is 12.9. The molecule has 4 saturated carbocycles. The number of fused-ring (bicyclic) bond motifs is 1. The average Bonchev–Trinajstić information content (AvgIpc) is 3.40. The molecule has 0 amide bonds. The lowest BCUT2D eigenvalue weighted by Crippen LogP contribution is -2.90. The van der Waals surface area contributed by atoms with E-state index >= 15 is 0 Å². The highest BCUT2D eigenvalue weighted by atomic mass is 16.6. The zero-order chi connectivity index (χ0) is 29.1. The van der Waals surface area contributed by atoms with Gasteiger partial charge in [-0.25, -0.2) is 4.68 Å². The number of aliphatic hydroxyl groups is 3. The van der Waals surface area contributed by atoms with Crippen molar-refractivity contribution < 1.29 is 24.9 Å². The van der Waals surface area contributed by atoms with Crippen molar-refractivity contribution in [2.75, 3.05) is 6.61 Å². The van der Waals surface area contributed by atoms with Crippen molar-refractivity contribution in [2.24, 2.45) is 39.9 Å². The van der Waals surface area contributed by atoms with Crippen molar-refractivity contribution in [2.45, 2.75) is 90.3 Å². The summed E-state index contributed by atoms with van der Waals surface area (Å²) in [6.07, 6.45) is 1.90. The summed E-state index contributed by atoms with van der Waals surface area (Å²) in [5.74, 6) is -2.58. The van der Waals surface area contributed by atoms with Gasteiger partial charge in [0.15, 0.2) is 5.78 Å². The van der Waals surface area contributed by atoms with Crippen LogP contribution in [0.1, 0.15) is 72.4 Å². The standard InChI is InChI=1S/C33H41N3O5/c1-16-19-11-12-22-31-15-41-33(40,32(22)24(19)23(16)27(32)38)28(39)25(31)30(5,6)13-21(26(31)37)36-14-20(34-35-36)17-7-9-18(10-8-17)29(2,3)4/h7-10,14,19,21-22,24-26,28,37,39-40H,11-13,15H2,1-6H3. The fourth-order valence-electron chi connectivity index (χ4n) is 10.9. The summed E-state index contributed by atoms with van der Waals surface area (Å²) in [4.78, 5) is 14.0. The van der Waals surface area contributed by atoms with Crippen LogP contribution in [0.5, 0.6) is 0 Å². The Labute approximate surface area is 240 Å². The predicted octanol–water partition coefficient (Wildman–Crippen LogP) is 3.81. The van der Waals surface area contributed by atoms with Crippen molar-refractivity contribution in [3.05, 3.63) is 47.2 Å². The molecule has 2 bridgehead atoms. The number of rotatable bonds is 2. The monoisotopic (exact) mass is 559 g/mol. The Bertz CT molecular complexity index is 1520. The van der Waals surface area contributed by atoms with Gasteiger partial charge in [-0.05, 0) is 54.4 Å². The number of hydrogen-bond donors (Lipinski definition) is 3. The van der Waals surface area contributed by atoms with Gasteiger partial charge in [-0.2, -0.15) is 0 Å². The van der Waals surface area contributed by atoms with Gasteiger partial charge >= 0.3 is 0 Å². The van der Waals surface area contributed by atoms with E-state index in [1.807, 2.05) is 13.1 Å². The molecule has 2 aromatic rings. The molecule has 0 radical (unpaired) electrons. The van der Waals surface area contributed by atoms with E-state index in [0.29, 0.717) is 6.42 Å². The highest BCUT2D eigenvalue weighted by molar-refractivity contribution is 6.12. The fourth-order valence-corrected chi connectivity index (χ4v) is 10.9. The van der Waals surface area contributed by atoms with Gasteiger partial charge in [-0.3, -0.25) is 4.79 Å². The molecule has 41 heavy (non-hydrogen) atoms. The molecule has 1 aromatic heterocycles. The molecule has 2 saturated heterocycles. The van der Waals surface area contributed by atoms with Gasteiger partial charge in [0.2, 0.25) is 5.79 Å². The van der Waals surface area contributed by atoms with Crippen molar-refractivity contribution in [1.82, 2.24) is 15.0 Å². The third kappa shape index (κ3) is 2.71. The second-order valence-corrected chi connectivity index (χ2v) is 15.6. The lowest BCUT2D eigenvalue weighted by molar-refractivity contribution is -0.467. The quantitative estimate of drug-likeness (QED) is 0.512. The first-order valence-electron chi connectivity index (χ1n) is 15.2. The fraction of sp³-hybridized carbons (Fsp3) is 0.667. The predicted molar refractivity (Wildman–Crippen MR) is 150 cm³/mol. The number of Topliss-reactive ketones (excluding diaryl/α,β-unsaturated/α-hetero) is 1. The first kappa shape index (κ1) is 26.3. The molecule has 1 aromatic carbocycles. The van der Waals surface area contributed by atoms with E-state index in [9.17, 15) is 20.1 Å². The molecule has 8 nitrogen and oxygen atoms in total. The topological polar surface area (TPSA) is 118 Å². The van der Waals surface area contributed by atoms with Crippen LogP contribution in [-0.4, -0.2) is 60.7 Å². The summed E-state index contributed by atoms with van der Waals surface area (Å²) < 4.78 is 8.01. The first-order chi connectivity index (χ1) is 19.2. The smallest absolute Gasteiger partial charge is 0.206 e. The molecule has 8 heteroatoms. The van der Waals surface area contributed by atoms with Crippen LogP contribution in [0.3, 0.4) is 0 Å². The van der Waals surface area contributed by atoms with E-state index in [4.69, 9.17) is 4.74 Å². The number of benzene rings is 1. The van der Waals surface area contributed by atoms with Gasteiger partial charge in [0.1, 0.15) is 17.2 Å². The highest BCUT2D eigenvalue weighted by Crippen LogP contribution is 2.82. The van der Waals surface area contributed by atoms with Gasteiger partial charge in [0.25, 0.3) is 0 Å². The Morgan fingerprint density at radius 1 is 1.07 bits per heavy atom. The van der Waals surface area contributed by atoms with Crippen LogP contribution in [0.2, 0.25) is 0 Å². The van der Waals surface area contributed by atoms with Crippen LogP contribution in [0.4, 0.5) is 0 Å². The zero-order valence-electron chi connectivity index (χ0n) is 24.8. The van der Waals surface area contributed by atoms with Crippen LogP contribution in [0.15, 0.2) is 41.6 Å². The Morgan fingerprint density at radius 3 is 2.46 bits per heavy atom. The minimum absolute atomic E-state index is 0.0512. The number of carbonyl (C=O) groups is 1. The molecule has 3 N–H and O–H groups in total. The maximum atomic E-state index is 14.0. The van der Waals surface area contributed by atoms with Gasteiger partial charge in [-0.15, -0.1) is 5.10 Å². The molecule has 218 valence electrons. The number of aliphatic hydroxyl groups excluding tert-OH is 2. The maximum Gasteiger partial charge on any atom is 0.206 e. The lowest BCUT2D eigenvalue weighted by atomic mass is 9.25. The summed E-state index contributed by atoms with van der Waals surface area (Å²) >= 11 is 0.